The van der Waals surface area contributed by atoms with Crippen LogP contribution in [0.1, 0.15) is 30.9 Å². The van der Waals surface area contributed by atoms with Crippen LogP contribution >= 0.6 is 24.0 Å². The van der Waals surface area contributed by atoms with Crippen molar-refractivity contribution < 1.29 is 13.9 Å². The second kappa shape index (κ2) is 10.7. The van der Waals surface area contributed by atoms with Gasteiger partial charge in [0.25, 0.3) is 0 Å². The molecule has 0 bridgehead atoms. The summed E-state index contributed by atoms with van der Waals surface area (Å²) in [6, 6.07) is 12.7. The average molecular weight is 513 g/mol. The fourth-order valence-corrected chi connectivity index (χ4v) is 3.37. The van der Waals surface area contributed by atoms with E-state index < -0.39 is 0 Å². The van der Waals surface area contributed by atoms with Crippen LogP contribution in [0.4, 0.5) is 4.39 Å². The van der Waals surface area contributed by atoms with E-state index in [2.05, 4.69) is 10.6 Å². The molecule has 0 saturated heterocycles. The molecule has 2 aromatic carbocycles. The van der Waals surface area contributed by atoms with Crippen LogP contribution in [0.2, 0.25) is 0 Å². The van der Waals surface area contributed by atoms with E-state index in [4.69, 9.17) is 14.5 Å². The Morgan fingerprint density at radius 3 is 2.48 bits per heavy atom. The van der Waals surface area contributed by atoms with Gasteiger partial charge in [0.05, 0.1) is 20.8 Å². The molecule has 0 atom stereocenters. The van der Waals surface area contributed by atoms with Crippen molar-refractivity contribution in [3.63, 3.8) is 0 Å². The normalized spacial score (nSPS) is 14.6. The lowest BCUT2D eigenvalue weighted by Crippen LogP contribution is -2.41. The summed E-state index contributed by atoms with van der Waals surface area (Å²) in [5, 5.41) is 6.70. The van der Waals surface area contributed by atoms with Crippen molar-refractivity contribution in [2.75, 3.05) is 27.3 Å². The maximum absolute atomic E-state index is 13.6. The standard InChI is InChI=1S/C22H28FN3O2.HI/c1-4-24-21(25-14-16-7-5-10-19(27-2)20(16)28-3)26-15-22(11-12-22)17-8-6-9-18(23)13-17;/h5-10,13H,4,11-12,14-15H2,1-3H3,(H2,24,25,26);1H. The van der Waals surface area contributed by atoms with Crippen LogP contribution in [0.3, 0.4) is 0 Å². The summed E-state index contributed by atoms with van der Waals surface area (Å²) in [5.74, 6) is 1.93. The maximum atomic E-state index is 13.6. The van der Waals surface area contributed by atoms with Gasteiger partial charge in [-0.3, -0.25) is 0 Å². The quantitative estimate of drug-likeness (QED) is 0.315. The van der Waals surface area contributed by atoms with E-state index in [9.17, 15) is 4.39 Å². The molecule has 2 N–H and O–H groups in total. The summed E-state index contributed by atoms with van der Waals surface area (Å²) < 4.78 is 24.4. The zero-order valence-electron chi connectivity index (χ0n) is 17.1. The average Bonchev–Trinajstić information content (AvgIpc) is 3.51. The number of methoxy groups -OCH3 is 2. The molecule has 29 heavy (non-hydrogen) atoms. The Hall–Kier alpha value is -2.03. The van der Waals surface area contributed by atoms with Crippen molar-refractivity contribution in [1.82, 2.24) is 10.6 Å². The molecular weight excluding hydrogens is 484 g/mol. The van der Waals surface area contributed by atoms with Crippen LogP contribution in [0, 0.1) is 5.82 Å². The number of aliphatic imine (C=N–C) groups is 1. The minimum absolute atomic E-state index is 0. The minimum atomic E-state index is -0.186. The molecule has 0 unspecified atom stereocenters. The van der Waals surface area contributed by atoms with Crippen LogP contribution in [0.5, 0.6) is 11.5 Å². The summed E-state index contributed by atoms with van der Waals surface area (Å²) in [5.41, 5.74) is 1.99. The highest BCUT2D eigenvalue weighted by atomic mass is 127. The molecule has 0 spiro atoms. The number of hydrogen-bond acceptors (Lipinski definition) is 3. The Morgan fingerprint density at radius 1 is 1.10 bits per heavy atom. The summed E-state index contributed by atoms with van der Waals surface area (Å²) in [4.78, 5) is 4.69. The van der Waals surface area contributed by atoms with Crippen molar-refractivity contribution in [2.45, 2.75) is 31.7 Å². The molecule has 2 aromatic rings. The van der Waals surface area contributed by atoms with Gasteiger partial charge in [0.1, 0.15) is 5.82 Å². The fourth-order valence-electron chi connectivity index (χ4n) is 3.37. The number of benzene rings is 2. The lowest BCUT2D eigenvalue weighted by molar-refractivity contribution is 0.352. The van der Waals surface area contributed by atoms with Crippen molar-refractivity contribution in [2.24, 2.45) is 4.99 Å². The van der Waals surface area contributed by atoms with Gasteiger partial charge in [0.15, 0.2) is 17.5 Å². The van der Waals surface area contributed by atoms with Gasteiger partial charge in [-0.25, -0.2) is 9.38 Å². The zero-order chi connectivity index (χ0) is 20.0. The molecule has 0 aliphatic heterocycles. The number of rotatable bonds is 8. The fraction of sp³-hybridized carbons (Fsp3) is 0.409. The molecule has 7 heteroatoms. The second-order valence-corrected chi connectivity index (χ2v) is 6.99. The van der Waals surface area contributed by atoms with E-state index >= 15 is 0 Å². The van der Waals surface area contributed by atoms with Gasteiger partial charge < -0.3 is 20.1 Å². The van der Waals surface area contributed by atoms with Crippen LogP contribution < -0.4 is 20.1 Å². The van der Waals surface area contributed by atoms with Crippen molar-refractivity contribution in [1.29, 1.82) is 0 Å². The number of halogens is 2. The van der Waals surface area contributed by atoms with Crippen LogP contribution in [-0.4, -0.2) is 33.3 Å². The SMILES string of the molecule is CCNC(=NCc1cccc(OC)c1OC)NCC1(c2cccc(F)c2)CC1.I. The van der Waals surface area contributed by atoms with E-state index in [1.165, 1.54) is 6.07 Å². The monoisotopic (exact) mass is 513 g/mol. The van der Waals surface area contributed by atoms with Crippen LogP contribution in [0.25, 0.3) is 0 Å². The smallest absolute Gasteiger partial charge is 0.191 e. The molecule has 1 aliphatic carbocycles. The predicted molar refractivity (Wildman–Crippen MR) is 125 cm³/mol. The Labute approximate surface area is 189 Å². The predicted octanol–water partition coefficient (Wildman–Crippen LogP) is 4.25. The first-order chi connectivity index (χ1) is 13.6. The van der Waals surface area contributed by atoms with Crippen molar-refractivity contribution in [3.05, 3.63) is 59.4 Å². The Bertz CT molecular complexity index is 841. The molecule has 0 amide bonds. The molecule has 1 saturated carbocycles. The molecule has 0 radical (unpaired) electrons. The highest BCUT2D eigenvalue weighted by Crippen LogP contribution is 2.47. The number of nitrogens with one attached hydrogen (secondary N) is 2. The molecule has 1 fully saturated rings. The summed E-state index contributed by atoms with van der Waals surface area (Å²) in [6.07, 6.45) is 2.10. The molecule has 3 rings (SSSR count). The molecule has 1 aliphatic rings. The van der Waals surface area contributed by atoms with E-state index in [1.807, 2.05) is 31.2 Å². The van der Waals surface area contributed by atoms with E-state index in [-0.39, 0.29) is 35.2 Å². The van der Waals surface area contributed by atoms with Crippen molar-refractivity contribution >= 4 is 29.9 Å². The molecular formula is C22H29FIN3O2. The first kappa shape index (κ1) is 23.3. The number of hydrogen-bond donors (Lipinski definition) is 2. The lowest BCUT2D eigenvalue weighted by atomic mass is 9.96. The van der Waals surface area contributed by atoms with Crippen molar-refractivity contribution in [3.8, 4) is 11.5 Å². The van der Waals surface area contributed by atoms with Gasteiger partial charge >= 0.3 is 0 Å². The van der Waals surface area contributed by atoms with Gasteiger partial charge in [-0.15, -0.1) is 24.0 Å². The number of ether oxygens (including phenoxy) is 2. The number of nitrogens with zero attached hydrogens (tertiary/aromatic N) is 1. The first-order valence-electron chi connectivity index (χ1n) is 9.60. The molecule has 5 nitrogen and oxygen atoms in total. The summed E-state index contributed by atoms with van der Waals surface area (Å²) in [7, 11) is 3.25. The number of para-hydroxylation sites is 1. The van der Waals surface area contributed by atoms with E-state index in [0.717, 1.165) is 43.0 Å². The molecule has 0 heterocycles. The Morgan fingerprint density at radius 2 is 1.86 bits per heavy atom. The zero-order valence-corrected chi connectivity index (χ0v) is 19.5. The first-order valence-corrected chi connectivity index (χ1v) is 9.60. The van der Waals surface area contributed by atoms with Gasteiger partial charge in [0.2, 0.25) is 0 Å². The van der Waals surface area contributed by atoms with Crippen LogP contribution in [0.15, 0.2) is 47.5 Å². The summed E-state index contributed by atoms with van der Waals surface area (Å²) >= 11 is 0. The Kier molecular flexibility index (Phi) is 8.55. The maximum Gasteiger partial charge on any atom is 0.191 e. The second-order valence-electron chi connectivity index (χ2n) is 6.99. The van der Waals surface area contributed by atoms with E-state index in [0.29, 0.717) is 18.0 Å². The topological polar surface area (TPSA) is 54.9 Å². The summed E-state index contributed by atoms with van der Waals surface area (Å²) in [6.45, 7) is 3.97. The molecule has 158 valence electrons. The Balaban J connectivity index is 0.00000300. The third-order valence-corrected chi connectivity index (χ3v) is 5.12. The number of guanidine groups is 1. The van der Waals surface area contributed by atoms with Gasteiger partial charge in [-0.2, -0.15) is 0 Å². The third kappa shape index (κ3) is 5.74. The van der Waals surface area contributed by atoms with Gasteiger partial charge in [0, 0.05) is 24.1 Å². The van der Waals surface area contributed by atoms with Gasteiger partial charge in [-0.1, -0.05) is 24.3 Å². The van der Waals surface area contributed by atoms with E-state index in [1.54, 1.807) is 26.4 Å². The molecule has 0 aromatic heterocycles. The van der Waals surface area contributed by atoms with Crippen LogP contribution in [-0.2, 0) is 12.0 Å². The third-order valence-electron chi connectivity index (χ3n) is 5.12. The van der Waals surface area contributed by atoms with Gasteiger partial charge in [-0.05, 0) is 43.5 Å². The largest absolute Gasteiger partial charge is 0.493 e. The minimum Gasteiger partial charge on any atom is -0.493 e. The highest BCUT2D eigenvalue weighted by molar-refractivity contribution is 14.0. The lowest BCUT2D eigenvalue weighted by Gasteiger charge is -2.19. The highest BCUT2D eigenvalue weighted by Gasteiger charge is 2.44.